The maximum Gasteiger partial charge on any atom is -1.00 e. The molecular formula is C18H26Br2OTe. The summed E-state index contributed by atoms with van der Waals surface area (Å²) in [6.45, 7) is 4.85. The first-order chi connectivity index (χ1) is 9.85. The van der Waals surface area contributed by atoms with Crippen molar-refractivity contribution in [2.24, 2.45) is 16.7 Å². The minimum absolute atomic E-state index is 0. The van der Waals surface area contributed by atoms with Gasteiger partial charge in [0.25, 0.3) is 0 Å². The minimum Gasteiger partial charge on any atom is -1.00 e. The molecule has 0 aromatic heterocycles. The van der Waals surface area contributed by atoms with Crippen LogP contribution in [0.15, 0.2) is 28.7 Å². The van der Waals surface area contributed by atoms with Crippen LogP contribution < -0.4 is 17.0 Å². The zero-order chi connectivity index (χ0) is 15.3. The molecule has 3 rings (SSSR count). The third-order valence-corrected chi connectivity index (χ3v) is 12.0. The van der Waals surface area contributed by atoms with Gasteiger partial charge in [0.2, 0.25) is 0 Å². The Morgan fingerprint density at radius 2 is 1.91 bits per heavy atom. The number of fused-ring (bicyclic) bond motifs is 2. The van der Waals surface area contributed by atoms with Gasteiger partial charge >= 0.3 is 145 Å². The van der Waals surface area contributed by atoms with Crippen LogP contribution in [0.4, 0.5) is 0 Å². The van der Waals surface area contributed by atoms with E-state index in [1.165, 1.54) is 27.3 Å². The van der Waals surface area contributed by atoms with Crippen LogP contribution in [0.2, 0.25) is 9.44 Å². The first kappa shape index (κ1) is 19.3. The van der Waals surface area contributed by atoms with Crippen molar-refractivity contribution in [3.8, 4) is 0 Å². The molecule has 0 amide bonds. The third-order valence-electron chi connectivity index (χ3n) is 6.22. The van der Waals surface area contributed by atoms with E-state index in [0.29, 0.717) is 5.41 Å². The van der Waals surface area contributed by atoms with Crippen molar-refractivity contribution in [2.45, 2.75) is 53.1 Å². The smallest absolute Gasteiger partial charge is 1.00 e. The van der Waals surface area contributed by atoms with E-state index in [1.807, 2.05) is 0 Å². The summed E-state index contributed by atoms with van der Waals surface area (Å²) < 4.78 is 3.78. The normalized spacial score (nSPS) is 32.3. The van der Waals surface area contributed by atoms with Gasteiger partial charge in [-0.3, -0.25) is 0 Å². The van der Waals surface area contributed by atoms with Gasteiger partial charge in [-0.1, -0.05) is 0 Å². The third kappa shape index (κ3) is 3.20. The summed E-state index contributed by atoms with van der Waals surface area (Å²) in [5.41, 5.74) is 2.06. The van der Waals surface area contributed by atoms with Crippen LogP contribution in [0.1, 0.15) is 38.7 Å². The maximum absolute atomic E-state index is 10.7. The van der Waals surface area contributed by atoms with Crippen molar-refractivity contribution in [3.63, 3.8) is 0 Å². The summed E-state index contributed by atoms with van der Waals surface area (Å²) in [7, 11) is 0. The molecule has 2 saturated carbocycles. The molecule has 1 N–H and O–H groups in total. The summed E-state index contributed by atoms with van der Waals surface area (Å²) in [5, 5.41) is 10.7. The molecule has 2 aliphatic rings. The number of hydrogen-bond acceptors (Lipinski definition) is 1. The van der Waals surface area contributed by atoms with E-state index >= 15 is 0 Å². The van der Waals surface area contributed by atoms with E-state index in [2.05, 4.69) is 59.0 Å². The predicted molar refractivity (Wildman–Crippen MR) is 93.8 cm³/mol. The second-order valence-corrected chi connectivity index (χ2v) is 14.6. The SMILES string of the molecule is C[Te+](Cc1ccc(Br)cc1)C[C@]12CC[C@H](C[C@H]1O)C2(C)C.[Br-]. The average Bonchev–Trinajstić information content (AvgIpc) is 2.75. The first-order valence-electron chi connectivity index (χ1n) is 7.87. The summed E-state index contributed by atoms with van der Waals surface area (Å²) in [4.78, 5) is 2.52. The largest absolute Gasteiger partial charge is 1.00 e. The fourth-order valence-electron chi connectivity index (χ4n) is 4.74. The van der Waals surface area contributed by atoms with Gasteiger partial charge < -0.3 is 17.0 Å². The van der Waals surface area contributed by atoms with Crippen LogP contribution in [-0.4, -0.2) is 30.8 Å². The van der Waals surface area contributed by atoms with E-state index < -0.39 is 19.6 Å². The van der Waals surface area contributed by atoms with E-state index in [-0.39, 0.29) is 28.5 Å². The van der Waals surface area contributed by atoms with Crippen molar-refractivity contribution in [1.29, 1.82) is 0 Å². The van der Waals surface area contributed by atoms with Crippen molar-refractivity contribution in [3.05, 3.63) is 34.3 Å². The van der Waals surface area contributed by atoms with Gasteiger partial charge in [-0.2, -0.15) is 0 Å². The molecule has 22 heavy (non-hydrogen) atoms. The van der Waals surface area contributed by atoms with Crippen LogP contribution in [0.3, 0.4) is 0 Å². The molecule has 0 heterocycles. The van der Waals surface area contributed by atoms with E-state index in [4.69, 9.17) is 0 Å². The second-order valence-electron chi connectivity index (χ2n) is 7.56. The first-order valence-corrected chi connectivity index (χ1v) is 14.3. The van der Waals surface area contributed by atoms with Crippen LogP contribution in [0.25, 0.3) is 0 Å². The molecule has 1 nitrogen and oxygen atoms in total. The fraction of sp³-hybridized carbons (Fsp3) is 0.667. The zero-order valence-electron chi connectivity index (χ0n) is 13.6. The molecule has 1 aromatic rings. The molecule has 4 heteroatoms. The van der Waals surface area contributed by atoms with Gasteiger partial charge in [-0.05, 0) is 0 Å². The van der Waals surface area contributed by atoms with Crippen LogP contribution in [0.5, 0.6) is 0 Å². The summed E-state index contributed by atoms with van der Waals surface area (Å²) in [6, 6.07) is 8.82. The van der Waals surface area contributed by atoms with Crippen molar-refractivity contribution in [1.82, 2.24) is 0 Å². The Kier molecular flexibility index (Phi) is 6.17. The fourth-order valence-corrected chi connectivity index (χ4v) is 12.0. The quantitative estimate of drug-likeness (QED) is 0.573. The molecular weight excluding hydrogens is 520 g/mol. The van der Waals surface area contributed by atoms with Gasteiger partial charge in [-0.25, -0.2) is 0 Å². The van der Waals surface area contributed by atoms with E-state index in [1.54, 1.807) is 0 Å². The molecule has 0 radical (unpaired) electrons. The number of benzene rings is 1. The molecule has 3 atom stereocenters. The molecule has 2 fully saturated rings. The molecule has 0 unspecified atom stereocenters. The maximum atomic E-state index is 10.7. The van der Waals surface area contributed by atoms with Gasteiger partial charge in [0.1, 0.15) is 0 Å². The van der Waals surface area contributed by atoms with Gasteiger partial charge in [0.15, 0.2) is 0 Å². The van der Waals surface area contributed by atoms with E-state index in [9.17, 15) is 5.11 Å². The molecule has 1 aromatic carbocycles. The Balaban J connectivity index is 0.00000176. The van der Waals surface area contributed by atoms with Crippen LogP contribution in [-0.2, 0) is 4.47 Å². The number of hydrogen-bond donors (Lipinski definition) is 1. The van der Waals surface area contributed by atoms with E-state index in [0.717, 1.165) is 16.8 Å². The minimum atomic E-state index is -1.18. The summed E-state index contributed by atoms with van der Waals surface area (Å²) in [5.74, 6) is 0.756. The molecule has 0 spiro atoms. The van der Waals surface area contributed by atoms with Gasteiger partial charge in [0, 0.05) is 0 Å². The predicted octanol–water partition coefficient (Wildman–Crippen LogP) is 1.85. The summed E-state index contributed by atoms with van der Waals surface area (Å²) in [6.07, 6.45) is 3.61. The van der Waals surface area contributed by atoms with Crippen LogP contribution >= 0.6 is 15.9 Å². The zero-order valence-corrected chi connectivity index (χ0v) is 19.1. The number of rotatable bonds is 4. The molecule has 0 aliphatic heterocycles. The van der Waals surface area contributed by atoms with Crippen molar-refractivity contribution in [2.75, 3.05) is 0 Å². The average molecular weight is 546 g/mol. The van der Waals surface area contributed by atoms with Gasteiger partial charge in [-0.15, -0.1) is 0 Å². The molecule has 2 aliphatic carbocycles. The Hall–Kier alpha value is 0.930. The number of halogens is 2. The second kappa shape index (κ2) is 7.04. The molecule has 2 bridgehead atoms. The Bertz CT molecular complexity index is 516. The topological polar surface area (TPSA) is 20.2 Å². The summed E-state index contributed by atoms with van der Waals surface area (Å²) >= 11 is 2.33. The molecule has 0 saturated heterocycles. The van der Waals surface area contributed by atoms with Crippen molar-refractivity contribution < 1.29 is 22.1 Å². The Labute approximate surface area is 160 Å². The Morgan fingerprint density at radius 1 is 1.27 bits per heavy atom. The van der Waals surface area contributed by atoms with Gasteiger partial charge in [0.05, 0.1) is 0 Å². The van der Waals surface area contributed by atoms with Crippen LogP contribution in [0, 0.1) is 16.7 Å². The number of aliphatic hydroxyl groups is 1. The number of aliphatic hydroxyl groups excluding tert-OH is 1. The monoisotopic (exact) mass is 546 g/mol. The van der Waals surface area contributed by atoms with Crippen molar-refractivity contribution >= 4 is 35.5 Å². The Morgan fingerprint density at radius 3 is 2.41 bits per heavy atom. The standard InChI is InChI=1S/C18H26BrOTe.BrH/c1-17(2)14-8-9-18(17,16(20)10-14)12-21(3)11-13-4-6-15(19)7-5-13;/h4-7,14,16,20H,8-12H2,1-3H3;1H/q+1;/p-1/t14-,16-,18-;/m1./s1. The molecule has 124 valence electrons.